The molecule has 0 radical (unpaired) electrons. The molecule has 0 N–H and O–H groups in total. The fourth-order valence-corrected chi connectivity index (χ4v) is 2.24. The number of benzene rings is 2. The van der Waals surface area contributed by atoms with Crippen molar-refractivity contribution in [2.24, 2.45) is 0 Å². The largest absolute Gasteiger partial charge is 0.248 e. The van der Waals surface area contributed by atoms with Gasteiger partial charge < -0.3 is 0 Å². The Balaban J connectivity index is 2.52. The van der Waals surface area contributed by atoms with E-state index in [0.717, 1.165) is 27.4 Å². The molecule has 0 spiro atoms. The fraction of sp³-hybridized carbons (Fsp3) is 0. The van der Waals surface area contributed by atoms with Gasteiger partial charge in [0.15, 0.2) is 0 Å². The van der Waals surface area contributed by atoms with E-state index in [1.807, 2.05) is 42.5 Å². The van der Waals surface area contributed by atoms with Crippen LogP contribution in [0.5, 0.6) is 0 Å². The van der Waals surface area contributed by atoms with Gasteiger partial charge in [-0.2, -0.15) is 0 Å². The second-order valence-corrected chi connectivity index (χ2v) is 4.20. The van der Waals surface area contributed by atoms with Crippen LogP contribution >= 0.6 is 11.6 Å². The monoisotopic (exact) mass is 237 g/mol. The number of rotatable bonds is 0. The van der Waals surface area contributed by atoms with Gasteiger partial charge in [-0.25, -0.2) is 4.98 Å². The number of hydrogen-bond donors (Lipinski definition) is 0. The van der Waals surface area contributed by atoms with Crippen LogP contribution in [-0.2, 0) is 0 Å². The van der Waals surface area contributed by atoms with Gasteiger partial charge in [-0.05, 0) is 24.3 Å². The minimum Gasteiger partial charge on any atom is -0.248 e. The summed E-state index contributed by atoms with van der Waals surface area (Å²) < 4.78 is 0. The standard InChI is InChI=1S/C15H8ClN/c1-2-10-7-8-14-12(9-10)15(16)11-5-3-4-6-13(11)17-14/h1,3-9H. The molecule has 0 amide bonds. The molecule has 0 unspecified atom stereocenters. The van der Waals surface area contributed by atoms with Crippen molar-refractivity contribution in [2.75, 3.05) is 0 Å². The Morgan fingerprint density at radius 3 is 2.59 bits per heavy atom. The van der Waals surface area contributed by atoms with Gasteiger partial charge in [-0.3, -0.25) is 0 Å². The molecule has 0 saturated carbocycles. The second-order valence-electron chi connectivity index (χ2n) is 3.82. The van der Waals surface area contributed by atoms with Crippen molar-refractivity contribution in [3.05, 3.63) is 53.1 Å². The van der Waals surface area contributed by atoms with Gasteiger partial charge >= 0.3 is 0 Å². The molecule has 2 heteroatoms. The van der Waals surface area contributed by atoms with E-state index in [1.165, 1.54) is 0 Å². The molecule has 0 bridgehead atoms. The Morgan fingerprint density at radius 1 is 1.00 bits per heavy atom. The highest BCUT2D eigenvalue weighted by Crippen LogP contribution is 2.30. The van der Waals surface area contributed by atoms with Crippen LogP contribution in [0, 0.1) is 12.3 Å². The topological polar surface area (TPSA) is 12.9 Å². The summed E-state index contributed by atoms with van der Waals surface area (Å²) in [5.74, 6) is 2.61. The van der Waals surface area contributed by atoms with Crippen LogP contribution in [0.2, 0.25) is 5.02 Å². The van der Waals surface area contributed by atoms with Crippen LogP contribution in [0.3, 0.4) is 0 Å². The van der Waals surface area contributed by atoms with E-state index in [1.54, 1.807) is 0 Å². The van der Waals surface area contributed by atoms with Crippen LogP contribution in [0.4, 0.5) is 0 Å². The zero-order valence-corrected chi connectivity index (χ0v) is 9.70. The maximum atomic E-state index is 6.39. The second kappa shape index (κ2) is 3.76. The van der Waals surface area contributed by atoms with E-state index in [2.05, 4.69) is 10.9 Å². The highest BCUT2D eigenvalue weighted by atomic mass is 35.5. The van der Waals surface area contributed by atoms with E-state index in [0.29, 0.717) is 5.02 Å². The van der Waals surface area contributed by atoms with E-state index >= 15 is 0 Å². The lowest BCUT2D eigenvalue weighted by molar-refractivity contribution is 1.49. The lowest BCUT2D eigenvalue weighted by Gasteiger charge is -2.05. The van der Waals surface area contributed by atoms with Crippen molar-refractivity contribution in [3.8, 4) is 12.3 Å². The summed E-state index contributed by atoms with van der Waals surface area (Å²) in [6.45, 7) is 0. The molecule has 3 rings (SSSR count). The van der Waals surface area contributed by atoms with Gasteiger partial charge in [0.05, 0.1) is 16.1 Å². The number of para-hydroxylation sites is 1. The average Bonchev–Trinajstić information content (AvgIpc) is 2.39. The molecule has 1 heterocycles. The van der Waals surface area contributed by atoms with Crippen molar-refractivity contribution in [1.29, 1.82) is 0 Å². The molecule has 1 aromatic heterocycles. The minimum atomic E-state index is 0.711. The average molecular weight is 238 g/mol. The van der Waals surface area contributed by atoms with Crippen molar-refractivity contribution < 1.29 is 0 Å². The number of pyridine rings is 1. The van der Waals surface area contributed by atoms with Crippen molar-refractivity contribution >= 4 is 33.4 Å². The van der Waals surface area contributed by atoms with E-state index < -0.39 is 0 Å². The molecule has 0 saturated heterocycles. The van der Waals surface area contributed by atoms with Crippen molar-refractivity contribution in [2.45, 2.75) is 0 Å². The molecular formula is C15H8ClN. The molecule has 0 aliphatic carbocycles. The molecule has 3 aromatic rings. The first-order chi connectivity index (χ1) is 8.29. The normalized spacial score (nSPS) is 10.6. The van der Waals surface area contributed by atoms with E-state index in [9.17, 15) is 0 Å². The van der Waals surface area contributed by atoms with Crippen molar-refractivity contribution in [3.63, 3.8) is 0 Å². The highest BCUT2D eigenvalue weighted by molar-refractivity contribution is 6.40. The lowest BCUT2D eigenvalue weighted by Crippen LogP contribution is -1.85. The molecule has 0 aliphatic rings. The first-order valence-corrected chi connectivity index (χ1v) is 5.62. The zero-order valence-electron chi connectivity index (χ0n) is 8.94. The van der Waals surface area contributed by atoms with Crippen LogP contribution in [0.1, 0.15) is 5.56 Å². The SMILES string of the molecule is C#Cc1ccc2nc3ccccc3c(Cl)c2c1. The summed E-state index contributed by atoms with van der Waals surface area (Å²) in [7, 11) is 0. The molecule has 0 fully saturated rings. The highest BCUT2D eigenvalue weighted by Gasteiger charge is 2.06. The number of nitrogens with zero attached hydrogens (tertiary/aromatic N) is 1. The molecule has 0 aliphatic heterocycles. The smallest absolute Gasteiger partial charge is 0.0725 e. The fourth-order valence-electron chi connectivity index (χ4n) is 1.93. The predicted molar refractivity (Wildman–Crippen MR) is 72.2 cm³/mol. The maximum absolute atomic E-state index is 6.39. The third kappa shape index (κ3) is 1.54. The minimum absolute atomic E-state index is 0.711. The van der Waals surface area contributed by atoms with Gasteiger partial charge in [0.25, 0.3) is 0 Å². The quantitative estimate of drug-likeness (QED) is 0.425. The zero-order chi connectivity index (χ0) is 11.8. The Hall–Kier alpha value is -2.04. The van der Waals surface area contributed by atoms with Gasteiger partial charge in [-0.15, -0.1) is 6.42 Å². The molecule has 80 valence electrons. The number of fused-ring (bicyclic) bond motifs is 2. The Morgan fingerprint density at radius 2 is 1.76 bits per heavy atom. The third-order valence-electron chi connectivity index (χ3n) is 2.78. The summed E-state index contributed by atoms with van der Waals surface area (Å²) in [6.07, 6.45) is 5.39. The Kier molecular flexibility index (Phi) is 2.24. The molecule has 0 atom stereocenters. The molecule has 2 aromatic carbocycles. The van der Waals surface area contributed by atoms with Gasteiger partial charge in [0, 0.05) is 16.3 Å². The first kappa shape index (κ1) is 10.1. The molecular weight excluding hydrogens is 230 g/mol. The van der Waals surface area contributed by atoms with E-state index in [4.69, 9.17) is 18.0 Å². The number of terminal acetylenes is 1. The third-order valence-corrected chi connectivity index (χ3v) is 3.19. The lowest BCUT2D eigenvalue weighted by atomic mass is 10.1. The van der Waals surface area contributed by atoms with E-state index in [-0.39, 0.29) is 0 Å². The van der Waals surface area contributed by atoms with Crippen LogP contribution in [-0.4, -0.2) is 4.98 Å². The molecule has 17 heavy (non-hydrogen) atoms. The van der Waals surface area contributed by atoms with Crippen LogP contribution in [0.15, 0.2) is 42.5 Å². The predicted octanol–water partition coefficient (Wildman–Crippen LogP) is 4.02. The van der Waals surface area contributed by atoms with Gasteiger partial charge in [-0.1, -0.05) is 35.7 Å². The van der Waals surface area contributed by atoms with Crippen LogP contribution in [0.25, 0.3) is 21.8 Å². The Labute approximate surface area is 104 Å². The summed E-state index contributed by atoms with van der Waals surface area (Å²) in [4.78, 5) is 4.56. The maximum Gasteiger partial charge on any atom is 0.0725 e. The number of hydrogen-bond acceptors (Lipinski definition) is 1. The molecule has 1 nitrogen and oxygen atoms in total. The van der Waals surface area contributed by atoms with Crippen molar-refractivity contribution in [1.82, 2.24) is 4.98 Å². The summed E-state index contributed by atoms with van der Waals surface area (Å²) in [6, 6.07) is 13.5. The Bertz CT molecular complexity index is 769. The summed E-state index contributed by atoms with van der Waals surface area (Å²) >= 11 is 6.39. The summed E-state index contributed by atoms with van der Waals surface area (Å²) in [5.41, 5.74) is 2.59. The summed E-state index contributed by atoms with van der Waals surface area (Å²) in [5, 5.41) is 2.57. The first-order valence-electron chi connectivity index (χ1n) is 5.24. The number of aromatic nitrogens is 1. The van der Waals surface area contributed by atoms with Gasteiger partial charge in [0.1, 0.15) is 0 Å². The van der Waals surface area contributed by atoms with Gasteiger partial charge in [0.2, 0.25) is 0 Å². The van der Waals surface area contributed by atoms with Crippen LogP contribution < -0.4 is 0 Å². The number of halogens is 1.